The quantitative estimate of drug-likeness (QED) is 0.799. The lowest BCUT2D eigenvalue weighted by Crippen LogP contribution is -2.02. The first kappa shape index (κ1) is 13.0. The Balaban J connectivity index is 2.03. The summed E-state index contributed by atoms with van der Waals surface area (Å²) in [6.07, 6.45) is 0. The summed E-state index contributed by atoms with van der Waals surface area (Å²) < 4.78 is 18.8. The Morgan fingerprint density at radius 2 is 1.76 bits per heavy atom. The number of ether oxygens (including phenoxy) is 1. The van der Waals surface area contributed by atoms with Crippen LogP contribution in [0.15, 0.2) is 54.6 Å². The lowest BCUT2D eigenvalue weighted by molar-refractivity contribution is 0.450. The van der Waals surface area contributed by atoms with Crippen LogP contribution < -0.4 is 10.5 Å². The zero-order valence-corrected chi connectivity index (χ0v) is 10.9. The van der Waals surface area contributed by atoms with Gasteiger partial charge in [-0.3, -0.25) is 0 Å². The van der Waals surface area contributed by atoms with Gasteiger partial charge in [0.1, 0.15) is 17.3 Å². The minimum Gasteiger partial charge on any atom is -0.436 e. The van der Waals surface area contributed by atoms with Crippen LogP contribution in [0.25, 0.3) is 11.3 Å². The van der Waals surface area contributed by atoms with Gasteiger partial charge in [-0.1, -0.05) is 36.4 Å². The third-order valence-electron chi connectivity index (χ3n) is 2.73. The van der Waals surface area contributed by atoms with E-state index in [1.54, 1.807) is 12.1 Å². The van der Waals surface area contributed by atoms with Crippen LogP contribution in [-0.4, -0.2) is 15.2 Å². The molecule has 3 rings (SSSR count). The van der Waals surface area contributed by atoms with Gasteiger partial charge >= 0.3 is 0 Å². The van der Waals surface area contributed by atoms with Gasteiger partial charge in [0.25, 0.3) is 5.88 Å². The molecule has 1 aromatic heterocycles. The molecule has 0 radical (unpaired) electrons. The van der Waals surface area contributed by atoms with Crippen LogP contribution in [0.2, 0.25) is 0 Å². The van der Waals surface area contributed by atoms with Crippen LogP contribution in [0, 0.1) is 5.82 Å². The van der Waals surface area contributed by atoms with E-state index in [1.165, 1.54) is 12.1 Å². The average Bonchev–Trinajstić information content (AvgIpc) is 2.50. The number of rotatable bonds is 3. The third-order valence-corrected chi connectivity index (χ3v) is 2.73. The third kappa shape index (κ3) is 2.94. The maximum Gasteiger partial charge on any atom is 0.265 e. The van der Waals surface area contributed by atoms with Crippen molar-refractivity contribution in [3.8, 4) is 22.9 Å². The molecule has 0 aliphatic heterocycles. The minimum absolute atomic E-state index is 0.0421. The molecule has 0 atom stereocenters. The van der Waals surface area contributed by atoms with E-state index in [9.17, 15) is 4.39 Å². The van der Waals surface area contributed by atoms with Crippen molar-refractivity contribution in [3.05, 3.63) is 60.4 Å². The summed E-state index contributed by atoms with van der Waals surface area (Å²) in [6.45, 7) is 0. The van der Waals surface area contributed by atoms with Crippen molar-refractivity contribution in [3.63, 3.8) is 0 Å². The number of hydrogen-bond acceptors (Lipinski definition) is 5. The molecule has 0 bridgehead atoms. The molecule has 0 spiro atoms. The van der Waals surface area contributed by atoms with Gasteiger partial charge < -0.3 is 10.5 Å². The van der Waals surface area contributed by atoms with Gasteiger partial charge in [0.05, 0.1) is 0 Å². The fourth-order valence-corrected chi connectivity index (χ4v) is 1.82. The predicted octanol–water partition coefficient (Wildman–Crippen LogP) is 3.05. The molecule has 0 unspecified atom stereocenters. The molecule has 5 nitrogen and oxygen atoms in total. The van der Waals surface area contributed by atoms with Crippen molar-refractivity contribution < 1.29 is 9.13 Å². The average molecular weight is 282 g/mol. The summed E-state index contributed by atoms with van der Waals surface area (Å²) in [6, 6.07) is 15.1. The van der Waals surface area contributed by atoms with Crippen molar-refractivity contribution in [2.45, 2.75) is 0 Å². The summed E-state index contributed by atoms with van der Waals surface area (Å²) in [5.74, 6) is 0.125. The van der Waals surface area contributed by atoms with Crippen molar-refractivity contribution in [1.82, 2.24) is 15.2 Å². The van der Waals surface area contributed by atoms with E-state index in [2.05, 4.69) is 15.2 Å². The van der Waals surface area contributed by atoms with E-state index < -0.39 is 5.82 Å². The Hall–Kier alpha value is -3.02. The topological polar surface area (TPSA) is 73.9 Å². The maximum absolute atomic E-state index is 13.2. The summed E-state index contributed by atoms with van der Waals surface area (Å²) in [4.78, 5) is 4.15. The highest BCUT2D eigenvalue weighted by atomic mass is 19.1. The molecule has 2 N–H and O–H groups in total. The molecule has 104 valence electrons. The molecule has 0 aliphatic rings. The van der Waals surface area contributed by atoms with Crippen molar-refractivity contribution >= 4 is 5.95 Å². The van der Waals surface area contributed by atoms with Gasteiger partial charge in [-0.05, 0) is 12.1 Å². The van der Waals surface area contributed by atoms with E-state index >= 15 is 0 Å². The molecule has 0 fully saturated rings. The number of hydrogen-bond donors (Lipinski definition) is 1. The lowest BCUT2D eigenvalue weighted by atomic mass is 10.1. The van der Waals surface area contributed by atoms with Gasteiger partial charge in [-0.2, -0.15) is 0 Å². The highest BCUT2D eigenvalue weighted by molar-refractivity contribution is 5.65. The smallest absolute Gasteiger partial charge is 0.265 e. The SMILES string of the molecule is Nc1nnc(Oc2cccc(F)c2)c(-c2ccccc2)n1. The normalized spacial score (nSPS) is 10.3. The fraction of sp³-hybridized carbons (Fsp3) is 0. The highest BCUT2D eigenvalue weighted by Gasteiger charge is 2.13. The molecule has 0 saturated heterocycles. The molecule has 0 saturated carbocycles. The van der Waals surface area contributed by atoms with E-state index in [4.69, 9.17) is 10.5 Å². The number of aromatic nitrogens is 3. The lowest BCUT2D eigenvalue weighted by Gasteiger charge is -2.09. The standard InChI is InChI=1S/C15H11FN4O/c16-11-7-4-8-12(9-11)21-14-13(18-15(17)20-19-14)10-5-2-1-3-6-10/h1-9H,(H2,17,18,20). The Bertz CT molecular complexity index is 765. The van der Waals surface area contributed by atoms with Crippen LogP contribution in [0.4, 0.5) is 10.3 Å². The Morgan fingerprint density at radius 1 is 0.952 bits per heavy atom. The number of nitrogens with two attached hydrogens (primary N) is 1. The molecule has 0 aliphatic carbocycles. The number of nitrogens with zero attached hydrogens (tertiary/aromatic N) is 3. The zero-order chi connectivity index (χ0) is 14.7. The molecular formula is C15H11FN4O. The number of nitrogen functional groups attached to an aromatic ring is 1. The second-order valence-electron chi connectivity index (χ2n) is 4.25. The molecule has 2 aromatic carbocycles. The first-order valence-electron chi connectivity index (χ1n) is 6.21. The van der Waals surface area contributed by atoms with Crippen molar-refractivity contribution in [2.24, 2.45) is 0 Å². The van der Waals surface area contributed by atoms with Crippen LogP contribution in [-0.2, 0) is 0 Å². The van der Waals surface area contributed by atoms with Gasteiger partial charge in [0.2, 0.25) is 5.95 Å². The van der Waals surface area contributed by atoms with Crippen LogP contribution in [0.1, 0.15) is 0 Å². The summed E-state index contributed by atoms with van der Waals surface area (Å²) in [7, 11) is 0. The summed E-state index contributed by atoms with van der Waals surface area (Å²) >= 11 is 0. The first-order valence-corrected chi connectivity index (χ1v) is 6.21. The molecular weight excluding hydrogens is 271 g/mol. The van der Waals surface area contributed by atoms with Gasteiger partial charge in [-0.15, -0.1) is 10.2 Å². The van der Waals surface area contributed by atoms with Crippen LogP contribution in [0.3, 0.4) is 0 Å². The van der Waals surface area contributed by atoms with E-state index in [-0.39, 0.29) is 11.8 Å². The second-order valence-corrected chi connectivity index (χ2v) is 4.25. The van der Waals surface area contributed by atoms with E-state index in [0.717, 1.165) is 5.56 Å². The minimum atomic E-state index is -0.398. The summed E-state index contributed by atoms with van der Waals surface area (Å²) in [5, 5.41) is 7.58. The van der Waals surface area contributed by atoms with E-state index in [0.29, 0.717) is 11.4 Å². The Morgan fingerprint density at radius 3 is 2.52 bits per heavy atom. The first-order chi connectivity index (χ1) is 10.2. The van der Waals surface area contributed by atoms with Gasteiger partial charge in [-0.25, -0.2) is 9.37 Å². The second kappa shape index (κ2) is 5.54. The number of anilines is 1. The van der Waals surface area contributed by atoms with Gasteiger partial charge in [0, 0.05) is 11.6 Å². The Labute approximate surface area is 120 Å². The van der Waals surface area contributed by atoms with Crippen molar-refractivity contribution in [2.75, 3.05) is 5.73 Å². The monoisotopic (exact) mass is 282 g/mol. The maximum atomic E-state index is 13.2. The van der Waals surface area contributed by atoms with Crippen molar-refractivity contribution in [1.29, 1.82) is 0 Å². The van der Waals surface area contributed by atoms with Crippen LogP contribution >= 0.6 is 0 Å². The molecule has 0 amide bonds. The molecule has 3 aromatic rings. The molecule has 1 heterocycles. The zero-order valence-electron chi connectivity index (χ0n) is 10.9. The molecule has 6 heteroatoms. The number of benzene rings is 2. The largest absolute Gasteiger partial charge is 0.436 e. The number of halogens is 1. The Kier molecular flexibility index (Phi) is 3.42. The fourth-order valence-electron chi connectivity index (χ4n) is 1.82. The summed E-state index contributed by atoms with van der Waals surface area (Å²) in [5.41, 5.74) is 6.82. The van der Waals surface area contributed by atoms with Gasteiger partial charge in [0.15, 0.2) is 0 Å². The van der Waals surface area contributed by atoms with E-state index in [1.807, 2.05) is 30.3 Å². The molecule has 21 heavy (non-hydrogen) atoms. The van der Waals surface area contributed by atoms with Crippen LogP contribution in [0.5, 0.6) is 11.6 Å². The predicted molar refractivity (Wildman–Crippen MR) is 76.1 cm³/mol. The highest BCUT2D eigenvalue weighted by Crippen LogP contribution is 2.29.